The second-order valence-electron chi connectivity index (χ2n) is 5.20. The number of carboxylic acids is 1. The Hall–Kier alpha value is -2.74. The Morgan fingerprint density at radius 2 is 2.04 bits per heavy atom. The van der Waals surface area contributed by atoms with Gasteiger partial charge in [0.05, 0.1) is 19.3 Å². The molecule has 0 bridgehead atoms. The summed E-state index contributed by atoms with van der Waals surface area (Å²) in [6.45, 7) is 0.569. The molecule has 0 aromatic heterocycles. The SMILES string of the molecule is COc1ccc(C(=O)O)cc1S(=O)(=O)Nc1ccc2c(c1)CCO2. The maximum atomic E-state index is 12.6. The molecular weight excluding hydrogens is 334 g/mol. The Morgan fingerprint density at radius 3 is 2.75 bits per heavy atom. The standard InChI is InChI=1S/C16H15NO6S/c1-22-14-4-2-11(16(18)19)9-15(14)24(20,21)17-12-3-5-13-10(8-12)6-7-23-13/h2-5,8-9,17H,6-7H2,1H3,(H,18,19). The number of hydrogen-bond acceptors (Lipinski definition) is 5. The summed E-state index contributed by atoms with van der Waals surface area (Å²) in [6, 6.07) is 8.66. The maximum Gasteiger partial charge on any atom is 0.335 e. The minimum Gasteiger partial charge on any atom is -0.495 e. The van der Waals surface area contributed by atoms with Crippen molar-refractivity contribution < 1.29 is 27.8 Å². The Kier molecular flexibility index (Phi) is 4.06. The molecule has 1 heterocycles. The summed E-state index contributed by atoms with van der Waals surface area (Å²) in [7, 11) is -2.69. The quantitative estimate of drug-likeness (QED) is 0.857. The Balaban J connectivity index is 1.98. The van der Waals surface area contributed by atoms with Crippen molar-refractivity contribution in [1.82, 2.24) is 0 Å². The first-order valence-electron chi connectivity index (χ1n) is 7.10. The van der Waals surface area contributed by atoms with Crippen LogP contribution in [0.3, 0.4) is 0 Å². The molecule has 0 amide bonds. The van der Waals surface area contributed by atoms with E-state index in [-0.39, 0.29) is 16.2 Å². The molecule has 2 N–H and O–H groups in total. The fourth-order valence-corrected chi connectivity index (χ4v) is 3.73. The van der Waals surface area contributed by atoms with Crippen LogP contribution in [0.4, 0.5) is 5.69 Å². The van der Waals surface area contributed by atoms with Crippen molar-refractivity contribution in [3.05, 3.63) is 47.5 Å². The number of nitrogens with one attached hydrogen (secondary N) is 1. The molecule has 3 rings (SSSR count). The van der Waals surface area contributed by atoms with Gasteiger partial charge in [0.2, 0.25) is 0 Å². The molecule has 0 radical (unpaired) electrons. The predicted molar refractivity (Wildman–Crippen MR) is 86.4 cm³/mol. The number of ether oxygens (including phenoxy) is 2. The highest BCUT2D eigenvalue weighted by atomic mass is 32.2. The van der Waals surface area contributed by atoms with Gasteiger partial charge in [-0.1, -0.05) is 0 Å². The summed E-state index contributed by atoms with van der Waals surface area (Å²) in [6.07, 6.45) is 0.711. The summed E-state index contributed by atoms with van der Waals surface area (Å²) in [5.41, 5.74) is 1.15. The second kappa shape index (κ2) is 6.04. The summed E-state index contributed by atoms with van der Waals surface area (Å²) in [5, 5.41) is 9.06. The number of methoxy groups -OCH3 is 1. The van der Waals surface area contributed by atoms with E-state index in [1.54, 1.807) is 18.2 Å². The minimum absolute atomic E-state index is 0.0667. The number of carbonyl (C=O) groups is 1. The average molecular weight is 349 g/mol. The van der Waals surface area contributed by atoms with Crippen molar-refractivity contribution in [3.63, 3.8) is 0 Å². The lowest BCUT2D eigenvalue weighted by Gasteiger charge is -2.13. The zero-order valence-electron chi connectivity index (χ0n) is 12.8. The van der Waals surface area contributed by atoms with Gasteiger partial charge in [-0.15, -0.1) is 0 Å². The van der Waals surface area contributed by atoms with Crippen LogP contribution in [-0.4, -0.2) is 33.2 Å². The zero-order chi connectivity index (χ0) is 17.3. The van der Waals surface area contributed by atoms with Crippen LogP contribution >= 0.6 is 0 Å². The highest BCUT2D eigenvalue weighted by Crippen LogP contribution is 2.31. The number of benzene rings is 2. The van der Waals surface area contributed by atoms with Gasteiger partial charge in [0.25, 0.3) is 10.0 Å². The van der Waals surface area contributed by atoms with E-state index in [4.69, 9.17) is 14.6 Å². The van der Waals surface area contributed by atoms with Crippen molar-refractivity contribution in [2.45, 2.75) is 11.3 Å². The largest absolute Gasteiger partial charge is 0.495 e. The topological polar surface area (TPSA) is 102 Å². The Morgan fingerprint density at radius 1 is 1.25 bits per heavy atom. The fourth-order valence-electron chi connectivity index (χ4n) is 2.48. The number of anilines is 1. The molecule has 0 aliphatic carbocycles. The van der Waals surface area contributed by atoms with Gasteiger partial charge in [-0.05, 0) is 42.0 Å². The van der Waals surface area contributed by atoms with Gasteiger partial charge in [0.15, 0.2) is 0 Å². The zero-order valence-corrected chi connectivity index (χ0v) is 13.6. The van der Waals surface area contributed by atoms with Gasteiger partial charge in [-0.25, -0.2) is 13.2 Å². The van der Waals surface area contributed by atoms with E-state index in [1.807, 2.05) is 0 Å². The summed E-state index contributed by atoms with van der Waals surface area (Å²) in [4.78, 5) is 10.9. The van der Waals surface area contributed by atoms with Crippen LogP contribution in [0.1, 0.15) is 15.9 Å². The Labute approximate surface area is 138 Å². The second-order valence-corrected chi connectivity index (χ2v) is 6.85. The van der Waals surface area contributed by atoms with Gasteiger partial charge < -0.3 is 14.6 Å². The first kappa shape index (κ1) is 16.1. The third kappa shape index (κ3) is 3.00. The molecule has 2 aromatic rings. The fraction of sp³-hybridized carbons (Fsp3) is 0.188. The van der Waals surface area contributed by atoms with Gasteiger partial charge >= 0.3 is 5.97 Å². The summed E-state index contributed by atoms with van der Waals surface area (Å²) in [5.74, 6) is -0.413. The van der Waals surface area contributed by atoms with Crippen molar-refractivity contribution in [2.75, 3.05) is 18.4 Å². The Bertz CT molecular complexity index is 907. The molecule has 0 fully saturated rings. The van der Waals surface area contributed by atoms with E-state index in [1.165, 1.54) is 19.2 Å². The monoisotopic (exact) mass is 349 g/mol. The molecule has 2 aromatic carbocycles. The number of aromatic carboxylic acids is 1. The third-order valence-corrected chi connectivity index (χ3v) is 5.04. The van der Waals surface area contributed by atoms with Gasteiger partial charge in [-0.3, -0.25) is 4.72 Å². The molecule has 126 valence electrons. The van der Waals surface area contributed by atoms with E-state index in [0.717, 1.165) is 17.4 Å². The number of carboxylic acid groups (broad SMARTS) is 1. The van der Waals surface area contributed by atoms with Crippen LogP contribution in [0, 0.1) is 0 Å². The molecule has 0 spiro atoms. The van der Waals surface area contributed by atoms with Crippen LogP contribution < -0.4 is 14.2 Å². The molecule has 1 aliphatic rings. The number of rotatable bonds is 5. The molecule has 0 saturated heterocycles. The van der Waals surface area contributed by atoms with Crippen LogP contribution in [0.25, 0.3) is 0 Å². The van der Waals surface area contributed by atoms with Gasteiger partial charge in [0.1, 0.15) is 16.4 Å². The van der Waals surface area contributed by atoms with Crippen LogP contribution in [0.15, 0.2) is 41.3 Å². The van der Waals surface area contributed by atoms with E-state index < -0.39 is 16.0 Å². The van der Waals surface area contributed by atoms with E-state index in [2.05, 4.69) is 4.72 Å². The molecule has 0 saturated carbocycles. The molecule has 24 heavy (non-hydrogen) atoms. The van der Waals surface area contributed by atoms with E-state index in [0.29, 0.717) is 18.7 Å². The lowest BCUT2D eigenvalue weighted by molar-refractivity contribution is 0.0696. The maximum absolute atomic E-state index is 12.6. The number of sulfonamides is 1. The minimum atomic E-state index is -4.01. The average Bonchev–Trinajstić information content (AvgIpc) is 3.01. The summed E-state index contributed by atoms with van der Waals surface area (Å²) >= 11 is 0. The molecule has 1 aliphatic heterocycles. The lowest BCUT2D eigenvalue weighted by atomic mass is 10.1. The predicted octanol–water partition coefficient (Wildman–Crippen LogP) is 2.13. The van der Waals surface area contributed by atoms with Crippen molar-refractivity contribution in [2.24, 2.45) is 0 Å². The molecule has 8 heteroatoms. The lowest BCUT2D eigenvalue weighted by Crippen LogP contribution is -2.15. The van der Waals surface area contributed by atoms with Crippen molar-refractivity contribution in [3.8, 4) is 11.5 Å². The van der Waals surface area contributed by atoms with Crippen LogP contribution in [-0.2, 0) is 16.4 Å². The number of hydrogen-bond donors (Lipinski definition) is 2. The third-order valence-electron chi connectivity index (χ3n) is 3.64. The normalized spacial score (nSPS) is 13.0. The highest BCUT2D eigenvalue weighted by Gasteiger charge is 2.22. The number of fused-ring (bicyclic) bond motifs is 1. The van der Waals surface area contributed by atoms with Gasteiger partial charge in [0, 0.05) is 12.1 Å². The smallest absolute Gasteiger partial charge is 0.335 e. The molecular formula is C16H15NO6S. The van der Waals surface area contributed by atoms with Crippen molar-refractivity contribution in [1.29, 1.82) is 0 Å². The van der Waals surface area contributed by atoms with Gasteiger partial charge in [-0.2, -0.15) is 0 Å². The van der Waals surface area contributed by atoms with E-state index >= 15 is 0 Å². The molecule has 0 atom stereocenters. The van der Waals surface area contributed by atoms with Crippen LogP contribution in [0.5, 0.6) is 11.5 Å². The molecule has 7 nitrogen and oxygen atoms in total. The van der Waals surface area contributed by atoms with Crippen molar-refractivity contribution >= 4 is 21.7 Å². The first-order valence-corrected chi connectivity index (χ1v) is 8.59. The molecule has 0 unspecified atom stereocenters. The van der Waals surface area contributed by atoms with Crippen LogP contribution in [0.2, 0.25) is 0 Å². The summed E-state index contributed by atoms with van der Waals surface area (Å²) < 4.78 is 38.2. The highest BCUT2D eigenvalue weighted by molar-refractivity contribution is 7.92. The van der Waals surface area contributed by atoms with E-state index in [9.17, 15) is 13.2 Å². The first-order chi connectivity index (χ1) is 11.4.